The molecule has 2 nitrogen and oxygen atoms in total. The third-order valence-corrected chi connectivity index (χ3v) is 5.06. The summed E-state index contributed by atoms with van der Waals surface area (Å²) in [4.78, 5) is 2.50. The van der Waals surface area contributed by atoms with Gasteiger partial charge in [-0.1, -0.05) is 20.8 Å². The van der Waals surface area contributed by atoms with E-state index in [0.29, 0.717) is 16.9 Å². The lowest BCUT2D eigenvalue weighted by Crippen LogP contribution is -2.47. The average molecular weight is 259 g/mol. The van der Waals surface area contributed by atoms with Crippen LogP contribution >= 0.6 is 12.6 Å². The van der Waals surface area contributed by atoms with Gasteiger partial charge in [-0.3, -0.25) is 0 Å². The molecule has 3 heteroatoms. The van der Waals surface area contributed by atoms with Crippen LogP contribution in [-0.4, -0.2) is 43.5 Å². The van der Waals surface area contributed by atoms with Crippen LogP contribution in [0.4, 0.5) is 0 Å². The average Bonchev–Trinajstić information content (AvgIpc) is 2.28. The predicted octanol–water partition coefficient (Wildman–Crippen LogP) is 3.08. The Morgan fingerprint density at radius 3 is 2.24 bits per heavy atom. The van der Waals surface area contributed by atoms with Crippen LogP contribution in [0.25, 0.3) is 0 Å². The zero-order valence-electron chi connectivity index (χ0n) is 12.1. The van der Waals surface area contributed by atoms with Crippen LogP contribution in [0.1, 0.15) is 40.5 Å². The summed E-state index contributed by atoms with van der Waals surface area (Å²) in [6, 6.07) is 0.585. The lowest BCUT2D eigenvalue weighted by Gasteiger charge is -2.43. The Morgan fingerprint density at radius 1 is 1.29 bits per heavy atom. The third-order valence-electron chi connectivity index (χ3n) is 4.39. The molecule has 1 aliphatic rings. The van der Waals surface area contributed by atoms with Gasteiger partial charge in [-0.05, 0) is 43.4 Å². The summed E-state index contributed by atoms with van der Waals surface area (Å²) < 4.78 is 5.48. The molecular weight excluding hydrogens is 230 g/mol. The van der Waals surface area contributed by atoms with Gasteiger partial charge >= 0.3 is 0 Å². The van der Waals surface area contributed by atoms with E-state index in [0.717, 1.165) is 38.4 Å². The molecule has 0 aromatic rings. The van der Waals surface area contributed by atoms with E-state index in [2.05, 4.69) is 52.3 Å². The maximum atomic E-state index is 5.48. The molecule has 0 aromatic carbocycles. The topological polar surface area (TPSA) is 12.5 Å². The molecule has 1 atom stereocenters. The normalized spacial score (nSPS) is 22.8. The number of hydrogen-bond acceptors (Lipinski definition) is 3. The summed E-state index contributed by atoms with van der Waals surface area (Å²) in [6.45, 7) is 12.2. The molecule has 1 saturated heterocycles. The van der Waals surface area contributed by atoms with E-state index < -0.39 is 0 Å². The number of hydrogen-bond donors (Lipinski definition) is 1. The fourth-order valence-electron chi connectivity index (χ4n) is 2.50. The van der Waals surface area contributed by atoms with Crippen molar-refractivity contribution in [3.63, 3.8) is 0 Å². The molecule has 1 heterocycles. The van der Waals surface area contributed by atoms with Gasteiger partial charge in [0.05, 0.1) is 0 Å². The summed E-state index contributed by atoms with van der Waals surface area (Å²) in [5, 5.41) is 0. The summed E-state index contributed by atoms with van der Waals surface area (Å²) >= 11 is 4.58. The van der Waals surface area contributed by atoms with Crippen molar-refractivity contribution < 1.29 is 4.74 Å². The molecule has 0 saturated carbocycles. The third kappa shape index (κ3) is 4.15. The van der Waals surface area contributed by atoms with E-state index >= 15 is 0 Å². The first-order chi connectivity index (χ1) is 7.81. The number of ether oxygens (including phenoxy) is 1. The molecule has 102 valence electrons. The smallest absolute Gasteiger partial charge is 0.0472 e. The maximum absolute atomic E-state index is 5.48. The van der Waals surface area contributed by atoms with Gasteiger partial charge in [-0.25, -0.2) is 0 Å². The van der Waals surface area contributed by atoms with Crippen LogP contribution in [0.3, 0.4) is 0 Å². The first kappa shape index (κ1) is 15.3. The largest absolute Gasteiger partial charge is 0.381 e. The van der Waals surface area contributed by atoms with Crippen molar-refractivity contribution in [2.45, 2.75) is 46.6 Å². The van der Waals surface area contributed by atoms with Crippen molar-refractivity contribution in [2.24, 2.45) is 10.8 Å². The van der Waals surface area contributed by atoms with Gasteiger partial charge in [0, 0.05) is 25.8 Å². The monoisotopic (exact) mass is 259 g/mol. The minimum atomic E-state index is 0.331. The van der Waals surface area contributed by atoms with E-state index in [1.807, 2.05) is 0 Å². The number of rotatable bonds is 4. The molecule has 17 heavy (non-hydrogen) atoms. The van der Waals surface area contributed by atoms with E-state index in [9.17, 15) is 0 Å². The summed E-state index contributed by atoms with van der Waals surface area (Å²) in [7, 11) is 2.25. The highest BCUT2D eigenvalue weighted by Gasteiger charge is 2.35. The van der Waals surface area contributed by atoms with Crippen molar-refractivity contribution in [3.05, 3.63) is 0 Å². The lowest BCUT2D eigenvalue weighted by molar-refractivity contribution is -0.00242. The van der Waals surface area contributed by atoms with Crippen LogP contribution in [0, 0.1) is 10.8 Å². The predicted molar refractivity (Wildman–Crippen MR) is 77.9 cm³/mol. The Bertz CT molecular complexity index is 231. The first-order valence-corrected chi connectivity index (χ1v) is 7.33. The van der Waals surface area contributed by atoms with Crippen LogP contribution in [0.5, 0.6) is 0 Å². The second-order valence-electron chi connectivity index (χ2n) is 6.73. The number of thiol groups is 1. The highest BCUT2D eigenvalue weighted by atomic mass is 32.1. The van der Waals surface area contributed by atoms with Gasteiger partial charge in [0.25, 0.3) is 0 Å². The molecule has 1 rings (SSSR count). The molecule has 1 unspecified atom stereocenters. The second kappa shape index (κ2) is 5.94. The fraction of sp³-hybridized carbons (Fsp3) is 1.00. The Balaban J connectivity index is 2.61. The zero-order chi connectivity index (χ0) is 13.1. The standard InChI is InChI=1S/C14H29NOS/c1-12(13(2,3)4)15(5)10-14(11-17)6-8-16-9-7-14/h12,17H,6-11H2,1-5H3. The first-order valence-electron chi connectivity index (χ1n) is 6.70. The molecule has 1 aliphatic heterocycles. The minimum Gasteiger partial charge on any atom is -0.381 e. The van der Waals surface area contributed by atoms with Crippen molar-refractivity contribution in [1.29, 1.82) is 0 Å². The highest BCUT2D eigenvalue weighted by molar-refractivity contribution is 7.80. The Hall–Kier alpha value is 0.270. The molecule has 0 spiro atoms. The van der Waals surface area contributed by atoms with Crippen molar-refractivity contribution in [1.82, 2.24) is 4.90 Å². The van der Waals surface area contributed by atoms with Crippen molar-refractivity contribution >= 4 is 12.6 Å². The van der Waals surface area contributed by atoms with Crippen LogP contribution in [0.15, 0.2) is 0 Å². The fourth-order valence-corrected chi connectivity index (χ4v) is 2.91. The van der Waals surface area contributed by atoms with Crippen LogP contribution in [-0.2, 0) is 4.74 Å². The van der Waals surface area contributed by atoms with Gasteiger partial charge in [-0.15, -0.1) is 0 Å². The highest BCUT2D eigenvalue weighted by Crippen LogP contribution is 2.34. The summed E-state index contributed by atoms with van der Waals surface area (Å²) in [5.41, 5.74) is 0.688. The molecule has 0 amide bonds. The minimum absolute atomic E-state index is 0.331. The van der Waals surface area contributed by atoms with E-state index in [4.69, 9.17) is 4.74 Å². The van der Waals surface area contributed by atoms with Crippen LogP contribution < -0.4 is 0 Å². The quantitative estimate of drug-likeness (QED) is 0.779. The Labute approximate surface area is 113 Å². The molecule has 0 aromatic heterocycles. The SMILES string of the molecule is CC(N(C)CC1(CS)CCOCC1)C(C)(C)C. The van der Waals surface area contributed by atoms with E-state index in [-0.39, 0.29) is 0 Å². The van der Waals surface area contributed by atoms with E-state index in [1.54, 1.807) is 0 Å². The lowest BCUT2D eigenvalue weighted by atomic mass is 9.80. The van der Waals surface area contributed by atoms with E-state index in [1.165, 1.54) is 0 Å². The Kier molecular flexibility index (Phi) is 5.36. The number of nitrogens with zero attached hydrogens (tertiary/aromatic N) is 1. The summed E-state index contributed by atoms with van der Waals surface area (Å²) in [5.74, 6) is 0.970. The van der Waals surface area contributed by atoms with Gasteiger partial charge in [0.2, 0.25) is 0 Å². The van der Waals surface area contributed by atoms with Gasteiger partial charge < -0.3 is 9.64 Å². The van der Waals surface area contributed by atoms with Gasteiger partial charge in [0.15, 0.2) is 0 Å². The molecule has 0 aliphatic carbocycles. The van der Waals surface area contributed by atoms with Gasteiger partial charge in [0.1, 0.15) is 0 Å². The van der Waals surface area contributed by atoms with Crippen LogP contribution in [0.2, 0.25) is 0 Å². The van der Waals surface area contributed by atoms with Crippen molar-refractivity contribution in [2.75, 3.05) is 32.6 Å². The van der Waals surface area contributed by atoms with Crippen molar-refractivity contribution in [3.8, 4) is 0 Å². The molecule has 0 bridgehead atoms. The summed E-state index contributed by atoms with van der Waals surface area (Å²) in [6.07, 6.45) is 2.30. The second-order valence-corrected chi connectivity index (χ2v) is 7.04. The molecule has 0 N–H and O–H groups in total. The molecule has 0 radical (unpaired) electrons. The molecular formula is C14H29NOS. The molecule has 1 fully saturated rings. The zero-order valence-corrected chi connectivity index (χ0v) is 13.0. The Morgan fingerprint density at radius 2 is 1.82 bits per heavy atom. The van der Waals surface area contributed by atoms with Gasteiger partial charge in [-0.2, -0.15) is 12.6 Å². The maximum Gasteiger partial charge on any atom is 0.0472 e.